The first-order valence-electron chi connectivity index (χ1n) is 9.55. The van der Waals surface area contributed by atoms with E-state index in [1.165, 1.54) is 6.92 Å². The second kappa shape index (κ2) is 7.16. The number of carbonyl (C=O) groups is 1. The number of amides is 1. The van der Waals surface area contributed by atoms with Crippen molar-refractivity contribution in [3.63, 3.8) is 0 Å². The quantitative estimate of drug-likeness (QED) is 0.641. The van der Waals surface area contributed by atoms with E-state index in [0.29, 0.717) is 11.4 Å². The summed E-state index contributed by atoms with van der Waals surface area (Å²) in [6.07, 6.45) is 1.93. The molecule has 0 aliphatic carbocycles. The van der Waals surface area contributed by atoms with Gasteiger partial charge in [0.15, 0.2) is 9.84 Å². The highest BCUT2D eigenvalue weighted by Crippen LogP contribution is 2.38. The summed E-state index contributed by atoms with van der Waals surface area (Å²) in [5.41, 5.74) is 1.02. The number of hydrogen-bond donors (Lipinski definition) is 0. The molecule has 3 aromatic rings. The summed E-state index contributed by atoms with van der Waals surface area (Å²) >= 11 is 0. The zero-order chi connectivity index (χ0) is 20.6. The van der Waals surface area contributed by atoms with E-state index in [1.807, 2.05) is 73.7 Å². The Hall–Kier alpha value is -2.92. The maximum Gasteiger partial charge on any atom is 0.223 e. The average Bonchev–Trinajstić information content (AvgIpc) is 3.05. The van der Waals surface area contributed by atoms with Crippen LogP contribution in [0.1, 0.15) is 19.4 Å². The molecular formula is C24H23NO3S. The standard InChI is InChI=1S/C24H23NO3S/c1-18(26)25-16-24(2,15-23(25)20-9-4-3-5-10-20)17-29(27,28)22-13-12-19-8-6-7-11-21(19)14-22/h3-15H,16-17H2,1-2H3. The molecule has 0 bridgehead atoms. The average molecular weight is 406 g/mol. The summed E-state index contributed by atoms with van der Waals surface area (Å²) in [5.74, 6) is -0.148. The van der Waals surface area contributed by atoms with E-state index in [1.54, 1.807) is 17.0 Å². The van der Waals surface area contributed by atoms with Crippen molar-refractivity contribution in [3.8, 4) is 0 Å². The molecule has 0 N–H and O–H groups in total. The first-order chi connectivity index (χ1) is 13.8. The monoisotopic (exact) mass is 405 g/mol. The van der Waals surface area contributed by atoms with Gasteiger partial charge in [0, 0.05) is 24.6 Å². The van der Waals surface area contributed by atoms with Crippen LogP contribution in [0.2, 0.25) is 0 Å². The van der Waals surface area contributed by atoms with Gasteiger partial charge >= 0.3 is 0 Å². The van der Waals surface area contributed by atoms with Gasteiger partial charge < -0.3 is 4.90 Å². The zero-order valence-corrected chi connectivity index (χ0v) is 17.3. The molecule has 1 heterocycles. The second-order valence-corrected chi connectivity index (χ2v) is 9.91. The maximum atomic E-state index is 13.2. The maximum absolute atomic E-state index is 13.2. The molecule has 5 heteroatoms. The predicted octanol–water partition coefficient (Wildman–Crippen LogP) is 4.52. The number of carbonyl (C=O) groups excluding carboxylic acids is 1. The fourth-order valence-electron chi connectivity index (χ4n) is 3.99. The van der Waals surface area contributed by atoms with Gasteiger partial charge in [0.1, 0.15) is 0 Å². The minimum atomic E-state index is -3.53. The van der Waals surface area contributed by atoms with Gasteiger partial charge in [0.05, 0.1) is 10.6 Å². The summed E-state index contributed by atoms with van der Waals surface area (Å²) in [5, 5.41) is 1.91. The summed E-state index contributed by atoms with van der Waals surface area (Å²) in [4.78, 5) is 14.2. The SMILES string of the molecule is CC(=O)N1CC(C)(CS(=O)(=O)c2ccc3ccccc3c2)C=C1c1ccccc1. The molecule has 4 rings (SSSR count). The Morgan fingerprint density at radius 1 is 0.966 bits per heavy atom. The van der Waals surface area contributed by atoms with Crippen LogP contribution in [0.15, 0.2) is 83.8 Å². The van der Waals surface area contributed by atoms with Gasteiger partial charge in [-0.2, -0.15) is 0 Å². The van der Waals surface area contributed by atoms with E-state index in [0.717, 1.165) is 22.0 Å². The molecule has 4 nitrogen and oxygen atoms in total. The molecule has 0 fully saturated rings. The summed E-state index contributed by atoms with van der Waals surface area (Å²) in [6, 6.07) is 22.6. The first-order valence-corrected chi connectivity index (χ1v) is 11.2. The Morgan fingerprint density at radius 2 is 1.62 bits per heavy atom. The van der Waals surface area contributed by atoms with Gasteiger partial charge in [-0.3, -0.25) is 4.79 Å². The molecule has 1 aliphatic rings. The Kier molecular flexibility index (Phi) is 4.79. The molecule has 0 saturated heterocycles. The lowest BCUT2D eigenvalue weighted by Gasteiger charge is -2.25. The fraction of sp³-hybridized carbons (Fsp3) is 0.208. The van der Waals surface area contributed by atoms with Gasteiger partial charge in [-0.05, 0) is 28.5 Å². The Balaban J connectivity index is 1.69. The Bertz CT molecular complexity index is 1220. The first kappa shape index (κ1) is 19.4. The van der Waals surface area contributed by atoms with Crippen LogP contribution in [-0.4, -0.2) is 31.5 Å². The van der Waals surface area contributed by atoms with Crippen molar-refractivity contribution in [1.82, 2.24) is 4.90 Å². The predicted molar refractivity (Wildman–Crippen MR) is 116 cm³/mol. The third-order valence-electron chi connectivity index (χ3n) is 5.34. The van der Waals surface area contributed by atoms with Crippen LogP contribution in [0.25, 0.3) is 16.5 Å². The van der Waals surface area contributed by atoms with Crippen molar-refractivity contribution in [3.05, 3.63) is 84.4 Å². The molecule has 1 atom stereocenters. The Morgan fingerprint density at radius 3 is 2.31 bits per heavy atom. The van der Waals surface area contributed by atoms with Crippen molar-refractivity contribution in [2.75, 3.05) is 12.3 Å². The van der Waals surface area contributed by atoms with Crippen LogP contribution in [0.4, 0.5) is 0 Å². The summed E-state index contributed by atoms with van der Waals surface area (Å²) in [7, 11) is -3.53. The number of nitrogens with zero attached hydrogens (tertiary/aromatic N) is 1. The van der Waals surface area contributed by atoms with Crippen molar-refractivity contribution in [1.29, 1.82) is 0 Å². The van der Waals surface area contributed by atoms with Gasteiger partial charge in [-0.25, -0.2) is 8.42 Å². The van der Waals surface area contributed by atoms with E-state index in [4.69, 9.17) is 0 Å². The minimum absolute atomic E-state index is 0.0571. The molecule has 1 aliphatic heterocycles. The van der Waals surface area contributed by atoms with E-state index >= 15 is 0 Å². The molecule has 0 aromatic heterocycles. The van der Waals surface area contributed by atoms with E-state index in [2.05, 4.69) is 0 Å². The lowest BCUT2D eigenvalue weighted by Crippen LogP contribution is -2.34. The van der Waals surface area contributed by atoms with Crippen LogP contribution < -0.4 is 0 Å². The number of hydrogen-bond acceptors (Lipinski definition) is 3. The smallest absolute Gasteiger partial charge is 0.223 e. The van der Waals surface area contributed by atoms with E-state index in [9.17, 15) is 13.2 Å². The molecule has 0 spiro atoms. The summed E-state index contributed by atoms with van der Waals surface area (Å²) in [6.45, 7) is 3.76. The highest BCUT2D eigenvalue weighted by molar-refractivity contribution is 7.91. The number of sulfone groups is 1. The van der Waals surface area contributed by atoms with Gasteiger partial charge in [-0.15, -0.1) is 0 Å². The van der Waals surface area contributed by atoms with Gasteiger partial charge in [-0.1, -0.05) is 73.7 Å². The fourth-order valence-corrected chi connectivity index (χ4v) is 5.79. The second-order valence-electron chi connectivity index (χ2n) is 7.92. The van der Waals surface area contributed by atoms with Crippen LogP contribution in [0.5, 0.6) is 0 Å². The molecule has 148 valence electrons. The molecule has 3 aromatic carbocycles. The lowest BCUT2D eigenvalue weighted by molar-refractivity contribution is -0.125. The van der Waals surface area contributed by atoms with Crippen molar-refractivity contribution in [2.45, 2.75) is 18.7 Å². The van der Waals surface area contributed by atoms with Crippen molar-refractivity contribution >= 4 is 32.2 Å². The molecule has 29 heavy (non-hydrogen) atoms. The van der Waals surface area contributed by atoms with E-state index in [-0.39, 0.29) is 11.7 Å². The highest BCUT2D eigenvalue weighted by atomic mass is 32.2. The molecule has 0 saturated carbocycles. The number of fused-ring (bicyclic) bond motifs is 1. The van der Waals surface area contributed by atoms with Crippen LogP contribution in [0.3, 0.4) is 0 Å². The third kappa shape index (κ3) is 3.83. The van der Waals surface area contributed by atoms with Gasteiger partial charge in [0.2, 0.25) is 5.91 Å². The van der Waals surface area contributed by atoms with Crippen LogP contribution in [0, 0.1) is 5.41 Å². The highest BCUT2D eigenvalue weighted by Gasteiger charge is 2.39. The minimum Gasteiger partial charge on any atom is -0.311 e. The molecule has 0 radical (unpaired) electrons. The summed E-state index contributed by atoms with van der Waals surface area (Å²) < 4.78 is 26.4. The largest absolute Gasteiger partial charge is 0.311 e. The van der Waals surface area contributed by atoms with Crippen molar-refractivity contribution in [2.24, 2.45) is 5.41 Å². The van der Waals surface area contributed by atoms with Crippen molar-refractivity contribution < 1.29 is 13.2 Å². The van der Waals surface area contributed by atoms with Gasteiger partial charge in [0.25, 0.3) is 0 Å². The zero-order valence-electron chi connectivity index (χ0n) is 16.5. The molecule has 1 amide bonds. The lowest BCUT2D eigenvalue weighted by atomic mass is 9.94. The molecular weight excluding hydrogens is 382 g/mol. The number of benzene rings is 3. The van der Waals surface area contributed by atoms with Crippen LogP contribution >= 0.6 is 0 Å². The third-order valence-corrected chi connectivity index (χ3v) is 7.36. The Labute approximate surface area is 171 Å². The normalized spacial score (nSPS) is 19.4. The molecule has 1 unspecified atom stereocenters. The van der Waals surface area contributed by atoms with Crippen LogP contribution in [-0.2, 0) is 14.6 Å². The topological polar surface area (TPSA) is 54.5 Å². The number of rotatable bonds is 4. The van der Waals surface area contributed by atoms with E-state index < -0.39 is 15.3 Å².